The van der Waals surface area contributed by atoms with Gasteiger partial charge in [-0.25, -0.2) is 8.42 Å². The number of nitrogens with two attached hydrogens (primary N) is 1. The van der Waals surface area contributed by atoms with Crippen molar-refractivity contribution in [1.29, 1.82) is 0 Å². The van der Waals surface area contributed by atoms with Crippen LogP contribution in [0.5, 0.6) is 0 Å². The van der Waals surface area contributed by atoms with Crippen molar-refractivity contribution in [3.05, 3.63) is 18.0 Å². The minimum Gasteiger partial charge on any atom is -0.363 e. The van der Waals surface area contributed by atoms with E-state index in [1.807, 2.05) is 13.8 Å². The second kappa shape index (κ2) is 5.03. The molecule has 0 aliphatic heterocycles. The predicted molar refractivity (Wildman–Crippen MR) is 70.4 cm³/mol. The first-order valence-corrected chi connectivity index (χ1v) is 7.78. The molecule has 6 heteroatoms. The first-order chi connectivity index (χ1) is 8.45. The summed E-state index contributed by atoms with van der Waals surface area (Å²) in [6, 6.07) is 1.82. The van der Waals surface area contributed by atoms with Gasteiger partial charge in [0.25, 0.3) is 0 Å². The summed E-state index contributed by atoms with van der Waals surface area (Å²) in [5.74, 6) is 0.327. The van der Waals surface area contributed by atoms with E-state index >= 15 is 0 Å². The molecule has 0 saturated heterocycles. The van der Waals surface area contributed by atoms with E-state index in [-0.39, 0.29) is 6.04 Å². The Kier molecular flexibility index (Phi) is 3.79. The van der Waals surface area contributed by atoms with Crippen molar-refractivity contribution >= 4 is 10.0 Å². The molecule has 0 bridgehead atoms. The largest absolute Gasteiger partial charge is 0.363 e. The first-order valence-electron chi connectivity index (χ1n) is 6.34. The van der Waals surface area contributed by atoms with Gasteiger partial charge in [0, 0.05) is 31.0 Å². The topological polar surface area (TPSA) is 79.2 Å². The van der Waals surface area contributed by atoms with Crippen LogP contribution in [-0.2, 0) is 16.6 Å². The summed E-state index contributed by atoms with van der Waals surface area (Å²) in [6.45, 7) is 4.97. The standard InChI is InChI=1S/C12H21N3O2S/c1-9(2)8-15(11-3-4-11)18(16,17)12-5-10(6-13)14-7-12/h5,7,9,11,14H,3-4,6,8,13H2,1-2H3. The van der Waals surface area contributed by atoms with Crippen molar-refractivity contribution in [2.24, 2.45) is 11.7 Å². The lowest BCUT2D eigenvalue weighted by atomic mass is 10.2. The van der Waals surface area contributed by atoms with Crippen LogP contribution in [0.15, 0.2) is 17.2 Å². The number of hydrogen-bond acceptors (Lipinski definition) is 3. The average Bonchev–Trinajstić information content (AvgIpc) is 3.01. The lowest BCUT2D eigenvalue weighted by Gasteiger charge is -2.23. The second-order valence-corrected chi connectivity index (χ2v) is 7.16. The highest BCUT2D eigenvalue weighted by molar-refractivity contribution is 7.89. The molecule has 0 spiro atoms. The van der Waals surface area contributed by atoms with Crippen molar-refractivity contribution in [2.75, 3.05) is 6.54 Å². The molecule has 1 aromatic heterocycles. The number of rotatable bonds is 6. The maximum Gasteiger partial charge on any atom is 0.244 e. The van der Waals surface area contributed by atoms with E-state index in [0.717, 1.165) is 18.5 Å². The molecule has 0 unspecified atom stereocenters. The van der Waals surface area contributed by atoms with Gasteiger partial charge >= 0.3 is 0 Å². The summed E-state index contributed by atoms with van der Waals surface area (Å²) in [4.78, 5) is 3.23. The number of nitrogens with one attached hydrogen (secondary N) is 1. The summed E-state index contributed by atoms with van der Waals surface area (Å²) in [6.07, 6.45) is 3.48. The van der Waals surface area contributed by atoms with Crippen LogP contribution in [0, 0.1) is 5.92 Å². The predicted octanol–water partition coefficient (Wildman–Crippen LogP) is 1.28. The molecule has 5 nitrogen and oxygen atoms in total. The van der Waals surface area contributed by atoms with Crippen molar-refractivity contribution < 1.29 is 8.42 Å². The van der Waals surface area contributed by atoms with Gasteiger partial charge in [-0.3, -0.25) is 0 Å². The summed E-state index contributed by atoms with van der Waals surface area (Å²) in [7, 11) is -3.38. The van der Waals surface area contributed by atoms with Crippen LogP contribution in [0.2, 0.25) is 0 Å². The SMILES string of the molecule is CC(C)CN(C1CC1)S(=O)(=O)c1c[nH]c(CN)c1. The molecular formula is C12H21N3O2S. The molecule has 0 aromatic carbocycles. The monoisotopic (exact) mass is 271 g/mol. The number of aromatic nitrogens is 1. The number of nitrogens with zero attached hydrogens (tertiary/aromatic N) is 1. The van der Waals surface area contributed by atoms with E-state index in [1.165, 1.54) is 6.20 Å². The third-order valence-corrected chi connectivity index (χ3v) is 4.94. The Morgan fingerprint density at radius 3 is 2.61 bits per heavy atom. The fourth-order valence-corrected chi connectivity index (χ4v) is 3.85. The molecule has 1 aliphatic rings. The molecule has 0 atom stereocenters. The highest BCUT2D eigenvalue weighted by Gasteiger charge is 2.38. The molecule has 102 valence electrons. The van der Waals surface area contributed by atoms with Crippen molar-refractivity contribution in [1.82, 2.24) is 9.29 Å². The molecule has 1 fully saturated rings. The van der Waals surface area contributed by atoms with Gasteiger partial charge in [-0.2, -0.15) is 4.31 Å². The van der Waals surface area contributed by atoms with Crippen molar-refractivity contribution in [2.45, 2.75) is 44.2 Å². The second-order valence-electron chi connectivity index (χ2n) is 5.26. The fourth-order valence-electron chi connectivity index (χ4n) is 1.99. The minimum atomic E-state index is -3.38. The van der Waals surface area contributed by atoms with Gasteiger partial charge in [-0.05, 0) is 24.8 Å². The van der Waals surface area contributed by atoms with Crippen LogP contribution < -0.4 is 5.73 Å². The van der Waals surface area contributed by atoms with Gasteiger partial charge in [0.05, 0.1) is 4.90 Å². The highest BCUT2D eigenvalue weighted by Crippen LogP contribution is 2.32. The van der Waals surface area contributed by atoms with Gasteiger partial charge in [-0.1, -0.05) is 13.8 Å². The zero-order chi connectivity index (χ0) is 13.3. The maximum absolute atomic E-state index is 12.5. The highest BCUT2D eigenvalue weighted by atomic mass is 32.2. The third-order valence-electron chi connectivity index (χ3n) is 3.04. The summed E-state index contributed by atoms with van der Waals surface area (Å²) < 4.78 is 26.7. The van der Waals surface area contributed by atoms with Gasteiger partial charge in [0.15, 0.2) is 0 Å². The molecule has 2 rings (SSSR count). The van der Waals surface area contributed by atoms with Crippen LogP contribution in [-0.4, -0.2) is 30.3 Å². The van der Waals surface area contributed by atoms with E-state index in [1.54, 1.807) is 10.4 Å². The Hall–Kier alpha value is -0.850. The lowest BCUT2D eigenvalue weighted by molar-refractivity contribution is 0.360. The maximum atomic E-state index is 12.5. The quantitative estimate of drug-likeness (QED) is 0.818. The summed E-state index contributed by atoms with van der Waals surface area (Å²) in [5.41, 5.74) is 6.24. The molecule has 1 saturated carbocycles. The van der Waals surface area contributed by atoms with E-state index in [2.05, 4.69) is 4.98 Å². The van der Waals surface area contributed by atoms with Crippen LogP contribution in [0.4, 0.5) is 0 Å². The van der Waals surface area contributed by atoms with Gasteiger partial charge in [0.2, 0.25) is 10.0 Å². The first kappa shape index (κ1) is 13.6. The van der Waals surface area contributed by atoms with E-state index in [0.29, 0.717) is 23.9 Å². The Labute approximate surface area is 108 Å². The zero-order valence-corrected chi connectivity index (χ0v) is 11.7. The molecule has 1 aliphatic carbocycles. The molecule has 1 aromatic rings. The average molecular weight is 271 g/mol. The van der Waals surface area contributed by atoms with Crippen molar-refractivity contribution in [3.63, 3.8) is 0 Å². The Morgan fingerprint density at radius 1 is 1.50 bits per heavy atom. The molecule has 18 heavy (non-hydrogen) atoms. The minimum absolute atomic E-state index is 0.189. The smallest absolute Gasteiger partial charge is 0.244 e. The molecule has 0 radical (unpaired) electrons. The van der Waals surface area contributed by atoms with E-state index in [4.69, 9.17) is 5.73 Å². The van der Waals surface area contributed by atoms with Crippen LogP contribution in [0.3, 0.4) is 0 Å². The van der Waals surface area contributed by atoms with Crippen LogP contribution in [0.25, 0.3) is 0 Å². The Morgan fingerprint density at radius 2 is 2.17 bits per heavy atom. The molecule has 1 heterocycles. The number of sulfonamides is 1. The van der Waals surface area contributed by atoms with Crippen LogP contribution >= 0.6 is 0 Å². The zero-order valence-electron chi connectivity index (χ0n) is 10.9. The van der Waals surface area contributed by atoms with E-state index in [9.17, 15) is 8.42 Å². The van der Waals surface area contributed by atoms with Crippen LogP contribution in [0.1, 0.15) is 32.4 Å². The Balaban J connectivity index is 2.26. The number of H-pyrrole nitrogens is 1. The molecule has 0 amide bonds. The third kappa shape index (κ3) is 2.76. The van der Waals surface area contributed by atoms with Crippen molar-refractivity contribution in [3.8, 4) is 0 Å². The van der Waals surface area contributed by atoms with E-state index < -0.39 is 10.0 Å². The number of aromatic amines is 1. The number of hydrogen-bond donors (Lipinski definition) is 2. The van der Waals surface area contributed by atoms with Gasteiger partial charge in [-0.15, -0.1) is 0 Å². The molecular weight excluding hydrogens is 250 g/mol. The lowest BCUT2D eigenvalue weighted by Crippen LogP contribution is -2.35. The summed E-state index contributed by atoms with van der Waals surface area (Å²) in [5, 5.41) is 0. The summed E-state index contributed by atoms with van der Waals surface area (Å²) >= 11 is 0. The van der Waals surface area contributed by atoms with Gasteiger partial charge in [0.1, 0.15) is 0 Å². The van der Waals surface area contributed by atoms with Gasteiger partial charge < -0.3 is 10.7 Å². The normalized spacial score (nSPS) is 16.7. The fraction of sp³-hybridized carbons (Fsp3) is 0.667. The molecule has 3 N–H and O–H groups in total. The Bertz CT molecular complexity index is 503.